The standard InChI is InChI=1S/C30H26BrN3O3S/c1-17(2)20-12-13-25-24(15-20)33-29(37-25)19-10-8-18(9-11-19)16-32-30(38)34-28(35)23-14-21-6-4-5-7-22(21)26(31)27(23)36-3/h4-15,17H,16H2,1-3H3,(H2,32,34,35,38). The minimum absolute atomic E-state index is 0.227. The number of carbonyl (C=O) groups is 1. The summed E-state index contributed by atoms with van der Waals surface area (Å²) in [5.74, 6) is 1.12. The number of carbonyl (C=O) groups excluding carboxylic acids is 1. The number of fused-ring (bicyclic) bond motifs is 2. The van der Waals surface area contributed by atoms with E-state index in [-0.39, 0.29) is 11.0 Å². The Morgan fingerprint density at radius 1 is 1.08 bits per heavy atom. The molecule has 1 amide bonds. The van der Waals surface area contributed by atoms with Crippen LogP contribution in [-0.2, 0) is 6.54 Å². The molecule has 192 valence electrons. The topological polar surface area (TPSA) is 76.4 Å². The van der Waals surface area contributed by atoms with Crippen molar-refractivity contribution in [1.29, 1.82) is 0 Å². The van der Waals surface area contributed by atoms with E-state index in [1.54, 1.807) is 6.07 Å². The minimum atomic E-state index is -0.349. The van der Waals surface area contributed by atoms with Crippen LogP contribution in [-0.4, -0.2) is 23.1 Å². The Labute approximate surface area is 234 Å². The summed E-state index contributed by atoms with van der Waals surface area (Å²) in [6.07, 6.45) is 0. The summed E-state index contributed by atoms with van der Waals surface area (Å²) in [4.78, 5) is 17.7. The fourth-order valence-electron chi connectivity index (χ4n) is 4.24. The number of oxazole rings is 1. The van der Waals surface area contributed by atoms with Gasteiger partial charge in [0.05, 0.1) is 17.1 Å². The van der Waals surface area contributed by atoms with Crippen molar-refractivity contribution in [2.45, 2.75) is 26.3 Å². The third kappa shape index (κ3) is 5.28. The zero-order chi connectivity index (χ0) is 26.8. The van der Waals surface area contributed by atoms with Gasteiger partial charge in [0.25, 0.3) is 5.91 Å². The number of methoxy groups -OCH3 is 1. The van der Waals surface area contributed by atoms with E-state index in [1.807, 2.05) is 54.6 Å². The summed E-state index contributed by atoms with van der Waals surface area (Å²) >= 11 is 8.95. The van der Waals surface area contributed by atoms with Crippen molar-refractivity contribution in [2.75, 3.05) is 7.11 Å². The van der Waals surface area contributed by atoms with Crippen molar-refractivity contribution >= 4 is 61.0 Å². The van der Waals surface area contributed by atoms with Crippen molar-refractivity contribution < 1.29 is 13.9 Å². The monoisotopic (exact) mass is 587 g/mol. The maximum Gasteiger partial charge on any atom is 0.261 e. The number of hydrogen-bond acceptors (Lipinski definition) is 5. The lowest BCUT2D eigenvalue weighted by molar-refractivity contribution is 0.0973. The Hall–Kier alpha value is -3.75. The van der Waals surface area contributed by atoms with Crippen LogP contribution in [0, 0.1) is 0 Å². The molecule has 0 aliphatic rings. The number of nitrogens with zero attached hydrogens (tertiary/aromatic N) is 1. The molecule has 4 aromatic carbocycles. The second-order valence-corrected chi connectivity index (χ2v) is 10.4. The molecule has 0 aliphatic heterocycles. The van der Waals surface area contributed by atoms with Crippen molar-refractivity contribution in [2.24, 2.45) is 0 Å². The highest BCUT2D eigenvalue weighted by atomic mass is 79.9. The van der Waals surface area contributed by atoms with Crippen LogP contribution >= 0.6 is 28.1 Å². The number of nitrogens with one attached hydrogen (secondary N) is 2. The zero-order valence-electron chi connectivity index (χ0n) is 21.2. The fourth-order valence-corrected chi connectivity index (χ4v) is 5.14. The first-order chi connectivity index (χ1) is 18.3. The molecule has 0 fully saturated rings. The van der Waals surface area contributed by atoms with Crippen molar-refractivity contribution in [3.05, 3.63) is 94.0 Å². The highest BCUT2D eigenvalue weighted by molar-refractivity contribution is 9.10. The molecule has 5 rings (SSSR count). The Balaban J connectivity index is 1.24. The highest BCUT2D eigenvalue weighted by Gasteiger charge is 2.19. The second kappa shape index (κ2) is 10.9. The van der Waals surface area contributed by atoms with E-state index in [9.17, 15) is 4.79 Å². The molecule has 6 nitrogen and oxygen atoms in total. The summed E-state index contributed by atoms with van der Waals surface area (Å²) in [6.45, 7) is 4.76. The molecular weight excluding hydrogens is 562 g/mol. The average molecular weight is 589 g/mol. The van der Waals surface area contributed by atoms with Gasteiger partial charge in [0.2, 0.25) is 5.89 Å². The summed E-state index contributed by atoms with van der Waals surface area (Å²) in [5.41, 5.74) is 5.13. The van der Waals surface area contributed by atoms with Crippen molar-refractivity contribution in [1.82, 2.24) is 15.6 Å². The van der Waals surface area contributed by atoms with Crippen molar-refractivity contribution in [3.63, 3.8) is 0 Å². The highest BCUT2D eigenvalue weighted by Crippen LogP contribution is 2.36. The predicted octanol–water partition coefficient (Wildman–Crippen LogP) is 7.35. The summed E-state index contributed by atoms with van der Waals surface area (Å²) in [6, 6.07) is 23.6. The van der Waals surface area contributed by atoms with Crippen LogP contribution < -0.4 is 15.4 Å². The van der Waals surface area contributed by atoms with Crippen LogP contribution in [0.2, 0.25) is 0 Å². The minimum Gasteiger partial charge on any atom is -0.495 e. The molecule has 8 heteroatoms. The summed E-state index contributed by atoms with van der Waals surface area (Å²) in [5, 5.41) is 7.96. The van der Waals surface area contributed by atoms with Gasteiger partial charge in [-0.05, 0) is 86.3 Å². The SMILES string of the molecule is COc1c(C(=O)NC(=S)NCc2ccc(-c3nc4cc(C(C)C)ccc4o3)cc2)cc2ccccc2c1Br. The van der Waals surface area contributed by atoms with Gasteiger partial charge in [0.1, 0.15) is 11.3 Å². The van der Waals surface area contributed by atoms with E-state index < -0.39 is 0 Å². The van der Waals surface area contributed by atoms with Gasteiger partial charge in [-0.15, -0.1) is 0 Å². The van der Waals surface area contributed by atoms with Crippen LogP contribution in [0.3, 0.4) is 0 Å². The van der Waals surface area contributed by atoms with Crippen molar-refractivity contribution in [3.8, 4) is 17.2 Å². The normalized spacial score (nSPS) is 11.2. The molecule has 0 spiro atoms. The number of halogens is 1. The van der Waals surface area contributed by atoms with Crippen LogP contribution in [0.25, 0.3) is 33.3 Å². The average Bonchev–Trinajstić information content (AvgIpc) is 3.35. The van der Waals surface area contributed by atoms with Crippen LogP contribution in [0.5, 0.6) is 5.75 Å². The molecule has 0 unspecified atom stereocenters. The van der Waals surface area contributed by atoms with Crippen LogP contribution in [0.4, 0.5) is 0 Å². The Morgan fingerprint density at radius 3 is 2.58 bits per heavy atom. The van der Waals surface area contributed by atoms with E-state index in [0.717, 1.165) is 37.5 Å². The Kier molecular flexibility index (Phi) is 7.44. The molecule has 0 atom stereocenters. The van der Waals surface area contributed by atoms with Crippen LogP contribution in [0.15, 0.2) is 81.7 Å². The smallest absolute Gasteiger partial charge is 0.261 e. The lowest BCUT2D eigenvalue weighted by Crippen LogP contribution is -2.39. The lowest BCUT2D eigenvalue weighted by Gasteiger charge is -2.14. The van der Waals surface area contributed by atoms with Gasteiger partial charge < -0.3 is 14.5 Å². The number of rotatable bonds is 6. The molecule has 5 aromatic rings. The number of ether oxygens (including phenoxy) is 1. The molecule has 0 radical (unpaired) electrons. The number of hydrogen-bond donors (Lipinski definition) is 2. The molecule has 0 bridgehead atoms. The van der Waals surface area contributed by atoms with Gasteiger partial charge >= 0.3 is 0 Å². The van der Waals surface area contributed by atoms with Gasteiger partial charge in [-0.3, -0.25) is 10.1 Å². The first kappa shape index (κ1) is 25.9. The van der Waals surface area contributed by atoms with Gasteiger partial charge in [-0.25, -0.2) is 4.98 Å². The maximum absolute atomic E-state index is 13.0. The first-order valence-corrected chi connectivity index (χ1v) is 13.4. The quantitative estimate of drug-likeness (QED) is 0.202. The van der Waals surface area contributed by atoms with Gasteiger partial charge in [0, 0.05) is 12.1 Å². The summed E-state index contributed by atoms with van der Waals surface area (Å²) < 4.78 is 12.2. The van der Waals surface area contributed by atoms with E-state index in [4.69, 9.17) is 21.4 Å². The number of aromatic nitrogens is 1. The number of benzene rings is 4. The maximum atomic E-state index is 13.0. The predicted molar refractivity (Wildman–Crippen MR) is 159 cm³/mol. The van der Waals surface area contributed by atoms with E-state index in [2.05, 4.69) is 57.5 Å². The van der Waals surface area contributed by atoms with E-state index in [0.29, 0.717) is 29.7 Å². The Bertz CT molecular complexity index is 1660. The molecule has 0 saturated heterocycles. The number of amides is 1. The molecule has 1 aromatic heterocycles. The third-order valence-electron chi connectivity index (χ3n) is 6.35. The molecule has 1 heterocycles. The summed E-state index contributed by atoms with van der Waals surface area (Å²) in [7, 11) is 1.54. The fraction of sp³-hybridized carbons (Fsp3) is 0.167. The van der Waals surface area contributed by atoms with Gasteiger partial charge in [0.15, 0.2) is 10.7 Å². The van der Waals surface area contributed by atoms with E-state index in [1.165, 1.54) is 12.7 Å². The number of thiocarbonyl (C=S) groups is 1. The van der Waals surface area contributed by atoms with Gasteiger partial charge in [-0.1, -0.05) is 56.3 Å². The van der Waals surface area contributed by atoms with Crippen LogP contribution in [0.1, 0.15) is 41.3 Å². The molecular formula is C30H26BrN3O3S. The molecule has 0 saturated carbocycles. The lowest BCUT2D eigenvalue weighted by atomic mass is 10.0. The van der Waals surface area contributed by atoms with E-state index >= 15 is 0 Å². The first-order valence-electron chi connectivity index (χ1n) is 12.2. The largest absolute Gasteiger partial charge is 0.495 e. The molecule has 2 N–H and O–H groups in total. The molecule has 0 aliphatic carbocycles. The molecule has 38 heavy (non-hydrogen) atoms. The zero-order valence-corrected chi connectivity index (χ0v) is 23.6. The Morgan fingerprint density at radius 2 is 1.84 bits per heavy atom. The second-order valence-electron chi connectivity index (χ2n) is 9.23. The van der Waals surface area contributed by atoms with Gasteiger partial charge in [-0.2, -0.15) is 0 Å². The third-order valence-corrected chi connectivity index (χ3v) is 7.38.